The Morgan fingerprint density at radius 3 is 2.23 bits per heavy atom. The van der Waals surface area contributed by atoms with Crippen LogP contribution in [0.4, 0.5) is 4.79 Å². The van der Waals surface area contributed by atoms with Gasteiger partial charge < -0.3 is 15.1 Å². The molecular formula is C17H25N3O2. The van der Waals surface area contributed by atoms with E-state index in [-0.39, 0.29) is 11.9 Å². The zero-order chi connectivity index (χ0) is 15.9. The lowest BCUT2D eigenvalue weighted by Gasteiger charge is -2.34. The summed E-state index contributed by atoms with van der Waals surface area (Å²) in [5.74, 6) is 0.137. The molecule has 1 heterocycles. The van der Waals surface area contributed by atoms with Crippen LogP contribution in [-0.2, 0) is 11.2 Å². The molecule has 0 radical (unpaired) electrons. The molecule has 1 saturated heterocycles. The molecule has 1 N–H and O–H groups in total. The Morgan fingerprint density at radius 1 is 1.05 bits per heavy atom. The average molecular weight is 303 g/mol. The molecule has 0 atom stereocenters. The molecule has 0 saturated carbocycles. The van der Waals surface area contributed by atoms with Gasteiger partial charge in [0.15, 0.2) is 0 Å². The van der Waals surface area contributed by atoms with Crippen LogP contribution in [0.5, 0.6) is 0 Å². The number of nitrogens with zero attached hydrogens (tertiary/aromatic N) is 2. The average Bonchev–Trinajstić information content (AvgIpc) is 2.55. The Morgan fingerprint density at radius 2 is 1.64 bits per heavy atom. The van der Waals surface area contributed by atoms with Crippen molar-refractivity contribution in [3.63, 3.8) is 0 Å². The Balaban J connectivity index is 1.79. The highest BCUT2D eigenvalue weighted by molar-refractivity contribution is 5.79. The lowest BCUT2D eigenvalue weighted by atomic mass is 10.1. The summed E-state index contributed by atoms with van der Waals surface area (Å²) >= 11 is 0. The summed E-state index contributed by atoms with van der Waals surface area (Å²) in [6, 6.07) is 8.04. The number of benzene rings is 1. The highest BCUT2D eigenvalue weighted by atomic mass is 16.2. The molecule has 1 aliphatic heterocycles. The molecule has 2 rings (SSSR count). The molecule has 0 aliphatic carbocycles. The number of piperazine rings is 1. The largest absolute Gasteiger partial charge is 0.339 e. The van der Waals surface area contributed by atoms with Gasteiger partial charge in [-0.1, -0.05) is 36.8 Å². The van der Waals surface area contributed by atoms with Crippen molar-refractivity contribution < 1.29 is 9.59 Å². The first-order valence-corrected chi connectivity index (χ1v) is 7.96. The molecule has 0 spiro atoms. The first kappa shape index (κ1) is 16.3. The van der Waals surface area contributed by atoms with Crippen molar-refractivity contribution in [1.29, 1.82) is 0 Å². The van der Waals surface area contributed by atoms with E-state index in [1.54, 1.807) is 4.90 Å². The van der Waals surface area contributed by atoms with Crippen molar-refractivity contribution in [2.75, 3.05) is 32.7 Å². The number of aryl methyl sites for hydroxylation is 1. The van der Waals surface area contributed by atoms with Crippen LogP contribution < -0.4 is 5.32 Å². The monoisotopic (exact) mass is 303 g/mol. The predicted octanol–water partition coefficient (Wildman–Crippen LogP) is 1.80. The summed E-state index contributed by atoms with van der Waals surface area (Å²) in [6.07, 6.45) is 1.36. The smallest absolute Gasteiger partial charge is 0.317 e. The van der Waals surface area contributed by atoms with E-state index in [0.717, 1.165) is 12.0 Å². The molecule has 120 valence electrons. The maximum atomic E-state index is 12.3. The number of carbonyl (C=O) groups excluding carboxylic acids is 2. The Bertz CT molecular complexity index is 505. The fraction of sp³-hybridized carbons (Fsp3) is 0.529. The minimum absolute atomic E-state index is 0.0208. The normalized spacial score (nSPS) is 14.8. The third-order valence-corrected chi connectivity index (χ3v) is 3.92. The van der Waals surface area contributed by atoms with Gasteiger partial charge in [0.1, 0.15) is 0 Å². The molecule has 5 nitrogen and oxygen atoms in total. The van der Waals surface area contributed by atoms with Crippen LogP contribution in [0.15, 0.2) is 24.3 Å². The number of hydrogen-bond acceptors (Lipinski definition) is 2. The zero-order valence-electron chi connectivity index (χ0n) is 13.5. The molecule has 0 bridgehead atoms. The Kier molecular flexibility index (Phi) is 5.81. The van der Waals surface area contributed by atoms with Gasteiger partial charge in [-0.2, -0.15) is 0 Å². The van der Waals surface area contributed by atoms with Gasteiger partial charge in [-0.25, -0.2) is 4.79 Å². The highest BCUT2D eigenvalue weighted by Gasteiger charge is 2.23. The number of amides is 3. The van der Waals surface area contributed by atoms with Gasteiger partial charge in [0.2, 0.25) is 5.91 Å². The van der Waals surface area contributed by atoms with Crippen molar-refractivity contribution in [3.05, 3.63) is 35.4 Å². The van der Waals surface area contributed by atoms with E-state index in [1.807, 2.05) is 43.0 Å². The van der Waals surface area contributed by atoms with Crippen molar-refractivity contribution >= 4 is 11.9 Å². The maximum absolute atomic E-state index is 12.3. The van der Waals surface area contributed by atoms with Crippen LogP contribution in [0, 0.1) is 6.92 Å². The maximum Gasteiger partial charge on any atom is 0.317 e. The van der Waals surface area contributed by atoms with Crippen LogP contribution in [0.25, 0.3) is 0 Å². The first-order chi connectivity index (χ1) is 10.6. The molecule has 1 aliphatic rings. The Labute approximate surface area is 132 Å². The minimum atomic E-state index is -0.0208. The van der Waals surface area contributed by atoms with Gasteiger partial charge in [-0.05, 0) is 18.9 Å². The summed E-state index contributed by atoms with van der Waals surface area (Å²) in [6.45, 7) is 7.21. The van der Waals surface area contributed by atoms with Gasteiger partial charge >= 0.3 is 6.03 Å². The highest BCUT2D eigenvalue weighted by Crippen LogP contribution is 2.08. The molecule has 0 aromatic heterocycles. The summed E-state index contributed by atoms with van der Waals surface area (Å²) in [7, 11) is 0. The van der Waals surface area contributed by atoms with E-state index in [1.165, 1.54) is 5.56 Å². The third kappa shape index (κ3) is 4.48. The SMILES string of the molecule is CCCNC(=O)N1CCN(C(=O)Cc2ccc(C)cc2)CC1. The Hall–Kier alpha value is -2.04. The van der Waals surface area contributed by atoms with Crippen molar-refractivity contribution in [2.24, 2.45) is 0 Å². The van der Waals surface area contributed by atoms with Crippen LogP contribution in [-0.4, -0.2) is 54.5 Å². The van der Waals surface area contributed by atoms with Crippen LogP contribution in [0.3, 0.4) is 0 Å². The molecule has 3 amide bonds. The number of rotatable bonds is 4. The van der Waals surface area contributed by atoms with Crippen molar-refractivity contribution in [1.82, 2.24) is 15.1 Å². The van der Waals surface area contributed by atoms with Gasteiger partial charge in [0.05, 0.1) is 6.42 Å². The molecule has 1 aromatic rings. The van der Waals surface area contributed by atoms with E-state index in [2.05, 4.69) is 5.32 Å². The van der Waals surface area contributed by atoms with Crippen molar-refractivity contribution in [2.45, 2.75) is 26.7 Å². The van der Waals surface area contributed by atoms with Gasteiger partial charge in [0, 0.05) is 32.7 Å². The van der Waals surface area contributed by atoms with Crippen molar-refractivity contribution in [3.8, 4) is 0 Å². The standard InChI is InChI=1S/C17H25N3O2/c1-3-8-18-17(22)20-11-9-19(10-12-20)16(21)13-15-6-4-14(2)5-7-15/h4-7H,3,8-13H2,1-2H3,(H,18,22). The lowest BCUT2D eigenvalue weighted by Crippen LogP contribution is -2.53. The number of nitrogens with one attached hydrogen (secondary N) is 1. The minimum Gasteiger partial charge on any atom is -0.339 e. The number of urea groups is 1. The molecule has 1 aromatic carbocycles. The molecular weight excluding hydrogens is 278 g/mol. The second-order valence-electron chi connectivity index (χ2n) is 5.76. The molecule has 22 heavy (non-hydrogen) atoms. The topological polar surface area (TPSA) is 52.7 Å². The summed E-state index contributed by atoms with van der Waals surface area (Å²) in [5.41, 5.74) is 2.24. The van der Waals surface area contributed by atoms with E-state index >= 15 is 0 Å². The van der Waals surface area contributed by atoms with E-state index in [9.17, 15) is 9.59 Å². The molecule has 1 fully saturated rings. The quantitative estimate of drug-likeness (QED) is 0.922. The van der Waals surface area contributed by atoms with Gasteiger partial charge in [0.25, 0.3) is 0 Å². The molecule has 0 unspecified atom stereocenters. The lowest BCUT2D eigenvalue weighted by molar-refractivity contribution is -0.131. The second kappa shape index (κ2) is 7.82. The van der Waals surface area contributed by atoms with E-state index in [4.69, 9.17) is 0 Å². The van der Waals surface area contributed by atoms with Crippen LogP contribution in [0.1, 0.15) is 24.5 Å². The predicted molar refractivity (Wildman–Crippen MR) is 86.7 cm³/mol. The fourth-order valence-corrected chi connectivity index (χ4v) is 2.50. The first-order valence-electron chi connectivity index (χ1n) is 7.96. The van der Waals surface area contributed by atoms with Gasteiger partial charge in [-0.15, -0.1) is 0 Å². The summed E-state index contributed by atoms with van der Waals surface area (Å²) < 4.78 is 0. The second-order valence-corrected chi connectivity index (χ2v) is 5.76. The van der Waals surface area contributed by atoms with E-state index in [0.29, 0.717) is 39.1 Å². The third-order valence-electron chi connectivity index (χ3n) is 3.92. The zero-order valence-corrected chi connectivity index (χ0v) is 13.5. The van der Waals surface area contributed by atoms with Gasteiger partial charge in [-0.3, -0.25) is 4.79 Å². The fourth-order valence-electron chi connectivity index (χ4n) is 2.50. The van der Waals surface area contributed by atoms with E-state index < -0.39 is 0 Å². The van der Waals surface area contributed by atoms with Crippen LogP contribution >= 0.6 is 0 Å². The van der Waals surface area contributed by atoms with Crippen LogP contribution in [0.2, 0.25) is 0 Å². The summed E-state index contributed by atoms with van der Waals surface area (Å²) in [5, 5.41) is 2.87. The number of hydrogen-bond donors (Lipinski definition) is 1. The summed E-state index contributed by atoms with van der Waals surface area (Å²) in [4.78, 5) is 27.8. The number of carbonyl (C=O) groups is 2. The molecule has 5 heteroatoms.